The Kier molecular flexibility index (Phi) is 5.14. The summed E-state index contributed by atoms with van der Waals surface area (Å²) in [5.74, 6) is -0.625. The molecule has 2 amide bonds. The van der Waals surface area contributed by atoms with Crippen LogP contribution in [0.4, 0.5) is 5.69 Å². The van der Waals surface area contributed by atoms with Crippen LogP contribution >= 0.6 is 11.3 Å². The molecule has 3 aromatic rings. The molecule has 3 N–H and O–H groups in total. The van der Waals surface area contributed by atoms with Crippen molar-refractivity contribution >= 4 is 28.8 Å². The number of hydrogen-bond acceptors (Lipinski definition) is 4. The second-order valence-corrected chi connectivity index (χ2v) is 7.32. The Hall–Kier alpha value is -2.99. The largest absolute Gasteiger partial charge is 0.366 e. The number of rotatable bonds is 5. The third-order valence-corrected chi connectivity index (χ3v) is 4.87. The Morgan fingerprint density at radius 1 is 1.04 bits per heavy atom. The Bertz CT molecular complexity index is 944. The average molecular weight is 365 g/mol. The van der Waals surface area contributed by atoms with Crippen LogP contribution in [-0.2, 0) is 11.2 Å². The van der Waals surface area contributed by atoms with Crippen molar-refractivity contribution in [2.75, 3.05) is 5.32 Å². The molecule has 3 rings (SSSR count). The molecular formula is C20H19N3O2S. The zero-order chi connectivity index (χ0) is 18.7. The number of amides is 2. The molecule has 0 aliphatic rings. The maximum absolute atomic E-state index is 12.4. The minimum absolute atomic E-state index is 0.131. The number of nitrogens with zero attached hydrogens (tertiary/aromatic N) is 1. The van der Waals surface area contributed by atoms with Crippen molar-refractivity contribution in [1.29, 1.82) is 0 Å². The first-order valence-corrected chi connectivity index (χ1v) is 8.97. The summed E-state index contributed by atoms with van der Waals surface area (Å²) in [5, 5.41) is 3.77. The van der Waals surface area contributed by atoms with Crippen LogP contribution < -0.4 is 11.1 Å². The second kappa shape index (κ2) is 7.49. The van der Waals surface area contributed by atoms with Gasteiger partial charge in [-0.1, -0.05) is 29.8 Å². The van der Waals surface area contributed by atoms with Crippen LogP contribution in [0.25, 0.3) is 11.3 Å². The Morgan fingerprint density at radius 3 is 2.31 bits per heavy atom. The summed E-state index contributed by atoms with van der Waals surface area (Å²) in [5.41, 5.74) is 9.29. The maximum atomic E-state index is 12.4. The van der Waals surface area contributed by atoms with Gasteiger partial charge in [0.15, 0.2) is 0 Å². The van der Waals surface area contributed by atoms with E-state index in [4.69, 9.17) is 5.73 Å². The summed E-state index contributed by atoms with van der Waals surface area (Å²) in [6, 6.07) is 14.6. The molecule has 0 fully saturated rings. The van der Waals surface area contributed by atoms with Crippen LogP contribution in [-0.4, -0.2) is 16.8 Å². The minimum atomic E-state index is -0.495. The van der Waals surface area contributed by atoms with E-state index in [2.05, 4.69) is 10.3 Å². The Labute approximate surface area is 155 Å². The highest BCUT2D eigenvalue weighted by molar-refractivity contribution is 7.12. The molecule has 26 heavy (non-hydrogen) atoms. The number of thiazole rings is 1. The molecule has 0 spiro atoms. The van der Waals surface area contributed by atoms with E-state index in [0.717, 1.165) is 21.1 Å². The van der Waals surface area contributed by atoms with Crippen LogP contribution in [0.3, 0.4) is 0 Å². The zero-order valence-electron chi connectivity index (χ0n) is 14.6. The molecule has 0 saturated carbocycles. The van der Waals surface area contributed by atoms with Crippen LogP contribution in [0, 0.1) is 13.8 Å². The monoisotopic (exact) mass is 365 g/mol. The number of aryl methyl sites for hydroxylation is 2. The lowest BCUT2D eigenvalue weighted by Gasteiger charge is -2.06. The van der Waals surface area contributed by atoms with Crippen molar-refractivity contribution < 1.29 is 9.59 Å². The van der Waals surface area contributed by atoms with E-state index in [1.807, 2.05) is 38.1 Å². The fourth-order valence-corrected chi connectivity index (χ4v) is 3.55. The lowest BCUT2D eigenvalue weighted by Crippen LogP contribution is -2.15. The van der Waals surface area contributed by atoms with Crippen molar-refractivity contribution in [2.45, 2.75) is 20.3 Å². The molecule has 1 heterocycles. The van der Waals surface area contributed by atoms with E-state index in [9.17, 15) is 9.59 Å². The minimum Gasteiger partial charge on any atom is -0.366 e. The molecule has 0 unspecified atom stereocenters. The number of anilines is 1. The summed E-state index contributed by atoms with van der Waals surface area (Å²) >= 11 is 1.53. The standard InChI is InChI=1S/C20H19N3O2S/c1-12-3-5-14(6-4-12)19-17(26-13(2)22-19)11-18(24)23-16-9-7-15(8-10-16)20(21)25/h3-10H,11H2,1-2H3,(H2,21,25)(H,23,24). The van der Waals surface area contributed by atoms with E-state index in [-0.39, 0.29) is 12.3 Å². The molecule has 132 valence electrons. The summed E-state index contributed by atoms with van der Waals surface area (Å²) in [6.07, 6.45) is 0.242. The van der Waals surface area contributed by atoms with Crippen LogP contribution in [0.5, 0.6) is 0 Å². The third kappa shape index (κ3) is 4.15. The lowest BCUT2D eigenvalue weighted by atomic mass is 10.1. The molecule has 0 aliphatic carbocycles. The van der Waals surface area contributed by atoms with Gasteiger partial charge in [-0.25, -0.2) is 4.98 Å². The van der Waals surface area contributed by atoms with Gasteiger partial charge in [-0.05, 0) is 38.1 Å². The van der Waals surface area contributed by atoms with Gasteiger partial charge < -0.3 is 11.1 Å². The molecule has 1 aromatic heterocycles. The van der Waals surface area contributed by atoms with E-state index in [0.29, 0.717) is 11.3 Å². The van der Waals surface area contributed by atoms with Gasteiger partial charge in [0.05, 0.1) is 17.1 Å². The quantitative estimate of drug-likeness (QED) is 0.723. The molecule has 5 nitrogen and oxygen atoms in total. The molecule has 0 bridgehead atoms. The van der Waals surface area contributed by atoms with Gasteiger partial charge in [-0.15, -0.1) is 11.3 Å². The van der Waals surface area contributed by atoms with Crippen LogP contribution in [0.15, 0.2) is 48.5 Å². The topological polar surface area (TPSA) is 85.1 Å². The number of carbonyl (C=O) groups excluding carboxylic acids is 2. The summed E-state index contributed by atoms with van der Waals surface area (Å²) in [7, 11) is 0. The lowest BCUT2D eigenvalue weighted by molar-refractivity contribution is -0.115. The number of carbonyl (C=O) groups is 2. The number of nitrogens with two attached hydrogens (primary N) is 1. The Morgan fingerprint density at radius 2 is 1.69 bits per heavy atom. The number of benzene rings is 2. The van der Waals surface area contributed by atoms with Gasteiger partial charge in [0, 0.05) is 21.7 Å². The molecular weight excluding hydrogens is 346 g/mol. The van der Waals surface area contributed by atoms with Crippen molar-refractivity contribution in [3.63, 3.8) is 0 Å². The van der Waals surface area contributed by atoms with Crippen molar-refractivity contribution in [3.05, 3.63) is 69.5 Å². The van der Waals surface area contributed by atoms with Gasteiger partial charge in [0.1, 0.15) is 0 Å². The maximum Gasteiger partial charge on any atom is 0.248 e. The molecule has 0 radical (unpaired) electrons. The first-order chi connectivity index (χ1) is 12.4. The van der Waals surface area contributed by atoms with E-state index < -0.39 is 5.91 Å². The molecule has 0 atom stereocenters. The van der Waals surface area contributed by atoms with Crippen molar-refractivity contribution in [1.82, 2.24) is 4.98 Å². The number of primary amides is 1. The first kappa shape index (κ1) is 17.8. The highest BCUT2D eigenvalue weighted by Crippen LogP contribution is 2.29. The van der Waals surface area contributed by atoms with Crippen molar-refractivity contribution in [3.8, 4) is 11.3 Å². The Balaban J connectivity index is 1.75. The predicted octanol–water partition coefficient (Wildman–Crippen LogP) is 3.71. The van der Waals surface area contributed by atoms with Gasteiger partial charge in [-0.2, -0.15) is 0 Å². The van der Waals surface area contributed by atoms with E-state index >= 15 is 0 Å². The molecule has 2 aromatic carbocycles. The van der Waals surface area contributed by atoms with Crippen molar-refractivity contribution in [2.24, 2.45) is 5.73 Å². The third-order valence-electron chi connectivity index (χ3n) is 3.90. The van der Waals surface area contributed by atoms with Crippen LogP contribution in [0.2, 0.25) is 0 Å². The number of hydrogen-bond donors (Lipinski definition) is 2. The van der Waals surface area contributed by atoms with Gasteiger partial charge >= 0.3 is 0 Å². The summed E-state index contributed by atoms with van der Waals surface area (Å²) < 4.78 is 0. The van der Waals surface area contributed by atoms with E-state index in [1.54, 1.807) is 24.3 Å². The second-order valence-electron chi connectivity index (χ2n) is 6.04. The predicted molar refractivity (Wildman–Crippen MR) is 104 cm³/mol. The summed E-state index contributed by atoms with van der Waals surface area (Å²) in [4.78, 5) is 29.0. The first-order valence-electron chi connectivity index (χ1n) is 8.15. The van der Waals surface area contributed by atoms with Gasteiger partial charge in [0.25, 0.3) is 0 Å². The molecule has 0 aliphatic heterocycles. The van der Waals surface area contributed by atoms with Gasteiger partial charge in [-0.3, -0.25) is 9.59 Å². The number of nitrogens with one attached hydrogen (secondary N) is 1. The zero-order valence-corrected chi connectivity index (χ0v) is 15.4. The highest BCUT2D eigenvalue weighted by atomic mass is 32.1. The average Bonchev–Trinajstić information content (AvgIpc) is 2.96. The smallest absolute Gasteiger partial charge is 0.248 e. The van der Waals surface area contributed by atoms with Gasteiger partial charge in [0.2, 0.25) is 11.8 Å². The SMILES string of the molecule is Cc1ccc(-c2nc(C)sc2CC(=O)Nc2ccc(C(N)=O)cc2)cc1. The highest BCUT2D eigenvalue weighted by Gasteiger charge is 2.15. The van der Waals surface area contributed by atoms with Crippen LogP contribution in [0.1, 0.15) is 25.8 Å². The fraction of sp³-hybridized carbons (Fsp3) is 0.150. The fourth-order valence-electron chi connectivity index (χ4n) is 2.59. The molecule has 6 heteroatoms. The number of aromatic nitrogens is 1. The normalized spacial score (nSPS) is 10.5. The summed E-state index contributed by atoms with van der Waals surface area (Å²) in [6.45, 7) is 3.97. The molecule has 0 saturated heterocycles. The van der Waals surface area contributed by atoms with E-state index in [1.165, 1.54) is 16.9 Å².